The highest BCUT2D eigenvalue weighted by molar-refractivity contribution is 5.97. The smallest absolute Gasteiger partial charge is 0.255 e. The van der Waals surface area contributed by atoms with Crippen LogP contribution in [-0.4, -0.2) is 32.0 Å². The number of halogens is 1. The molecule has 2 aromatic carbocycles. The SMILES string of the molecule is COc1ccccc1C(=O)NC[C@H]1CC(=O)N(c2ccc(F)cc2)C1. The molecule has 0 spiro atoms. The van der Waals surface area contributed by atoms with E-state index < -0.39 is 0 Å². The summed E-state index contributed by atoms with van der Waals surface area (Å²) in [6.45, 7) is 0.886. The van der Waals surface area contributed by atoms with Crippen LogP contribution in [0.5, 0.6) is 5.75 Å². The number of anilines is 1. The second kappa shape index (κ2) is 7.34. The maximum atomic E-state index is 13.0. The molecule has 6 heteroatoms. The van der Waals surface area contributed by atoms with E-state index in [0.29, 0.717) is 36.5 Å². The van der Waals surface area contributed by atoms with Gasteiger partial charge in [0, 0.05) is 31.1 Å². The molecule has 0 saturated carbocycles. The van der Waals surface area contributed by atoms with Crippen molar-refractivity contribution in [3.8, 4) is 5.75 Å². The number of carbonyl (C=O) groups excluding carboxylic acids is 2. The molecule has 0 unspecified atom stereocenters. The molecule has 1 atom stereocenters. The lowest BCUT2D eigenvalue weighted by Crippen LogP contribution is -2.31. The van der Waals surface area contributed by atoms with Crippen LogP contribution in [0.1, 0.15) is 16.8 Å². The van der Waals surface area contributed by atoms with Crippen LogP contribution in [0.2, 0.25) is 0 Å². The Morgan fingerprint density at radius 3 is 2.68 bits per heavy atom. The van der Waals surface area contributed by atoms with E-state index in [1.807, 2.05) is 0 Å². The van der Waals surface area contributed by atoms with Crippen molar-refractivity contribution in [3.05, 3.63) is 59.9 Å². The fourth-order valence-corrected chi connectivity index (χ4v) is 2.95. The molecular formula is C19H19FN2O3. The summed E-state index contributed by atoms with van der Waals surface area (Å²) in [5.41, 5.74) is 1.13. The highest BCUT2D eigenvalue weighted by Crippen LogP contribution is 2.25. The summed E-state index contributed by atoms with van der Waals surface area (Å²) in [6.07, 6.45) is 0.351. The first-order valence-corrected chi connectivity index (χ1v) is 8.05. The Morgan fingerprint density at radius 1 is 1.24 bits per heavy atom. The summed E-state index contributed by atoms with van der Waals surface area (Å²) >= 11 is 0. The van der Waals surface area contributed by atoms with E-state index in [-0.39, 0.29) is 23.5 Å². The molecule has 1 aliphatic rings. The van der Waals surface area contributed by atoms with Crippen molar-refractivity contribution >= 4 is 17.5 Å². The number of nitrogens with zero attached hydrogens (tertiary/aromatic N) is 1. The zero-order chi connectivity index (χ0) is 17.8. The second-order valence-corrected chi connectivity index (χ2v) is 5.96. The van der Waals surface area contributed by atoms with Gasteiger partial charge in [-0.2, -0.15) is 0 Å². The lowest BCUT2D eigenvalue weighted by Gasteiger charge is -2.17. The normalized spacial score (nSPS) is 16.8. The van der Waals surface area contributed by atoms with Gasteiger partial charge in [0.2, 0.25) is 5.91 Å². The van der Waals surface area contributed by atoms with Crippen molar-refractivity contribution in [1.29, 1.82) is 0 Å². The van der Waals surface area contributed by atoms with Crippen LogP contribution in [0.4, 0.5) is 10.1 Å². The minimum atomic E-state index is -0.337. The van der Waals surface area contributed by atoms with Gasteiger partial charge in [0.25, 0.3) is 5.91 Å². The fourth-order valence-electron chi connectivity index (χ4n) is 2.95. The zero-order valence-electron chi connectivity index (χ0n) is 13.9. The molecule has 0 radical (unpaired) electrons. The first-order valence-electron chi connectivity index (χ1n) is 8.05. The third-order valence-electron chi connectivity index (χ3n) is 4.25. The number of amides is 2. The van der Waals surface area contributed by atoms with Gasteiger partial charge < -0.3 is 15.0 Å². The number of methoxy groups -OCH3 is 1. The molecule has 25 heavy (non-hydrogen) atoms. The van der Waals surface area contributed by atoms with Crippen LogP contribution < -0.4 is 15.0 Å². The molecule has 1 heterocycles. The first kappa shape index (κ1) is 17.0. The van der Waals surface area contributed by atoms with Crippen LogP contribution in [0.15, 0.2) is 48.5 Å². The van der Waals surface area contributed by atoms with Gasteiger partial charge in [0.1, 0.15) is 11.6 Å². The Labute approximate surface area is 145 Å². The number of hydrogen-bond acceptors (Lipinski definition) is 3. The quantitative estimate of drug-likeness (QED) is 0.909. The van der Waals surface area contributed by atoms with E-state index in [0.717, 1.165) is 0 Å². The topological polar surface area (TPSA) is 58.6 Å². The second-order valence-electron chi connectivity index (χ2n) is 5.96. The van der Waals surface area contributed by atoms with Crippen LogP contribution >= 0.6 is 0 Å². The predicted molar refractivity (Wildman–Crippen MR) is 92.2 cm³/mol. The van der Waals surface area contributed by atoms with Crippen molar-refractivity contribution in [1.82, 2.24) is 5.32 Å². The van der Waals surface area contributed by atoms with Gasteiger partial charge >= 0.3 is 0 Å². The maximum Gasteiger partial charge on any atom is 0.255 e. The molecule has 0 aliphatic carbocycles. The number of benzene rings is 2. The Morgan fingerprint density at radius 2 is 1.96 bits per heavy atom. The van der Waals surface area contributed by atoms with Gasteiger partial charge in [0.05, 0.1) is 12.7 Å². The van der Waals surface area contributed by atoms with E-state index in [2.05, 4.69) is 5.32 Å². The van der Waals surface area contributed by atoms with Gasteiger partial charge in [-0.1, -0.05) is 12.1 Å². The van der Waals surface area contributed by atoms with Crippen molar-refractivity contribution in [2.75, 3.05) is 25.1 Å². The molecule has 5 nitrogen and oxygen atoms in total. The summed E-state index contributed by atoms with van der Waals surface area (Å²) in [4.78, 5) is 26.1. The summed E-state index contributed by atoms with van der Waals surface area (Å²) in [5.74, 6) is -0.0732. The summed E-state index contributed by atoms with van der Waals surface area (Å²) < 4.78 is 18.2. The molecule has 130 valence electrons. The standard InChI is InChI=1S/C19H19FN2O3/c1-25-17-5-3-2-4-16(17)19(24)21-11-13-10-18(23)22(12-13)15-8-6-14(20)7-9-15/h2-9,13H,10-12H2,1H3,(H,21,24)/t13-/m1/s1. The molecule has 1 fully saturated rings. The fraction of sp³-hybridized carbons (Fsp3) is 0.263. The van der Waals surface area contributed by atoms with Gasteiger partial charge in [0.15, 0.2) is 0 Å². The zero-order valence-corrected chi connectivity index (χ0v) is 13.9. The van der Waals surface area contributed by atoms with E-state index in [9.17, 15) is 14.0 Å². The number of carbonyl (C=O) groups is 2. The number of hydrogen-bond donors (Lipinski definition) is 1. The Hall–Kier alpha value is -2.89. The van der Waals surface area contributed by atoms with Crippen LogP contribution in [0.3, 0.4) is 0 Å². The number of ether oxygens (including phenoxy) is 1. The minimum absolute atomic E-state index is 0.0104. The van der Waals surface area contributed by atoms with E-state index in [1.54, 1.807) is 41.3 Å². The average molecular weight is 342 g/mol. The number of nitrogens with one attached hydrogen (secondary N) is 1. The average Bonchev–Trinajstić information content (AvgIpc) is 3.01. The number of rotatable bonds is 5. The monoisotopic (exact) mass is 342 g/mol. The molecule has 1 aliphatic heterocycles. The maximum absolute atomic E-state index is 13.0. The summed E-state index contributed by atoms with van der Waals surface area (Å²) in [7, 11) is 1.52. The van der Waals surface area contributed by atoms with Gasteiger partial charge in [-0.25, -0.2) is 4.39 Å². The Kier molecular flexibility index (Phi) is 4.97. The molecule has 2 aromatic rings. The third kappa shape index (κ3) is 3.79. The highest BCUT2D eigenvalue weighted by atomic mass is 19.1. The van der Waals surface area contributed by atoms with Crippen molar-refractivity contribution in [2.45, 2.75) is 6.42 Å². The van der Waals surface area contributed by atoms with E-state index in [1.165, 1.54) is 19.2 Å². The lowest BCUT2D eigenvalue weighted by molar-refractivity contribution is -0.117. The predicted octanol–water partition coefficient (Wildman–Crippen LogP) is 2.62. The largest absolute Gasteiger partial charge is 0.496 e. The molecule has 1 N–H and O–H groups in total. The molecule has 0 bridgehead atoms. The van der Waals surface area contributed by atoms with Gasteiger partial charge in [-0.05, 0) is 36.4 Å². The Balaban J connectivity index is 1.60. The van der Waals surface area contributed by atoms with Crippen molar-refractivity contribution in [2.24, 2.45) is 5.92 Å². The molecule has 3 rings (SSSR count). The molecule has 1 saturated heterocycles. The lowest BCUT2D eigenvalue weighted by atomic mass is 10.1. The van der Waals surface area contributed by atoms with Crippen LogP contribution in [-0.2, 0) is 4.79 Å². The minimum Gasteiger partial charge on any atom is -0.496 e. The van der Waals surface area contributed by atoms with Crippen molar-refractivity contribution in [3.63, 3.8) is 0 Å². The number of para-hydroxylation sites is 1. The third-order valence-corrected chi connectivity index (χ3v) is 4.25. The van der Waals surface area contributed by atoms with Gasteiger partial charge in [-0.3, -0.25) is 9.59 Å². The summed E-state index contributed by atoms with van der Waals surface area (Å²) in [5, 5.41) is 2.86. The summed E-state index contributed by atoms with van der Waals surface area (Å²) in [6, 6.07) is 12.8. The van der Waals surface area contributed by atoms with Gasteiger partial charge in [-0.15, -0.1) is 0 Å². The van der Waals surface area contributed by atoms with Crippen LogP contribution in [0.25, 0.3) is 0 Å². The molecule has 0 aromatic heterocycles. The van der Waals surface area contributed by atoms with E-state index >= 15 is 0 Å². The molecular weight excluding hydrogens is 323 g/mol. The molecule has 2 amide bonds. The Bertz CT molecular complexity index is 776. The van der Waals surface area contributed by atoms with Crippen molar-refractivity contribution < 1.29 is 18.7 Å². The highest BCUT2D eigenvalue weighted by Gasteiger charge is 2.30. The van der Waals surface area contributed by atoms with Crippen LogP contribution in [0, 0.1) is 11.7 Å². The van der Waals surface area contributed by atoms with E-state index in [4.69, 9.17) is 4.74 Å². The first-order chi connectivity index (χ1) is 12.1.